The summed E-state index contributed by atoms with van der Waals surface area (Å²) in [6.45, 7) is 1.07. The van der Waals surface area contributed by atoms with Crippen LogP contribution in [0, 0.1) is 11.3 Å². The first-order valence-corrected chi connectivity index (χ1v) is 5.18. The lowest BCUT2D eigenvalue weighted by atomic mass is 10.1. The number of cyclic esters (lactones) is 1. The third-order valence-corrected chi connectivity index (χ3v) is 2.54. The summed E-state index contributed by atoms with van der Waals surface area (Å²) in [7, 11) is 0. The average molecular weight is 216 g/mol. The first-order chi connectivity index (χ1) is 7.79. The molecule has 0 amide bonds. The zero-order valence-corrected chi connectivity index (χ0v) is 8.77. The van der Waals surface area contributed by atoms with E-state index in [4.69, 9.17) is 10.00 Å². The fourth-order valence-corrected chi connectivity index (χ4v) is 1.67. The highest BCUT2D eigenvalue weighted by Crippen LogP contribution is 2.08. The number of carbonyl (C=O) groups is 1. The van der Waals surface area contributed by atoms with Crippen LogP contribution in [0.3, 0.4) is 0 Å². The van der Waals surface area contributed by atoms with Crippen molar-refractivity contribution in [1.29, 1.82) is 5.26 Å². The second-order valence-electron chi connectivity index (χ2n) is 3.70. The van der Waals surface area contributed by atoms with Crippen molar-refractivity contribution in [3.63, 3.8) is 0 Å². The molecule has 0 saturated carbocycles. The quantitative estimate of drug-likeness (QED) is 0.764. The molecule has 4 nitrogen and oxygen atoms in total. The molecule has 1 saturated heterocycles. The summed E-state index contributed by atoms with van der Waals surface area (Å²) in [5.74, 6) is -0.184. The van der Waals surface area contributed by atoms with Gasteiger partial charge in [-0.05, 0) is 17.7 Å². The number of rotatable bonds is 3. The highest BCUT2D eigenvalue weighted by molar-refractivity contribution is 5.77. The zero-order chi connectivity index (χ0) is 11.4. The van der Waals surface area contributed by atoms with Crippen molar-refractivity contribution < 1.29 is 9.53 Å². The molecule has 82 valence electrons. The highest BCUT2D eigenvalue weighted by atomic mass is 16.5. The van der Waals surface area contributed by atoms with Crippen LogP contribution in [-0.2, 0) is 16.1 Å². The van der Waals surface area contributed by atoms with Crippen molar-refractivity contribution in [2.45, 2.75) is 19.0 Å². The Balaban J connectivity index is 1.94. The van der Waals surface area contributed by atoms with Crippen molar-refractivity contribution in [3.8, 4) is 6.07 Å². The predicted octanol–water partition coefficient (Wildman–Crippen LogP) is 0.963. The zero-order valence-electron chi connectivity index (χ0n) is 8.77. The van der Waals surface area contributed by atoms with E-state index in [1.54, 1.807) is 6.07 Å². The molecular weight excluding hydrogens is 204 g/mol. The lowest BCUT2D eigenvalue weighted by molar-refractivity contribution is -0.139. The van der Waals surface area contributed by atoms with E-state index in [-0.39, 0.29) is 12.0 Å². The Bertz CT molecular complexity index is 437. The number of hydrogen-bond donors (Lipinski definition) is 1. The van der Waals surface area contributed by atoms with Gasteiger partial charge in [-0.25, -0.2) is 0 Å². The number of nitrogens with one attached hydrogen (secondary N) is 1. The normalized spacial score (nSPS) is 19.2. The van der Waals surface area contributed by atoms with E-state index in [2.05, 4.69) is 11.4 Å². The second kappa shape index (κ2) is 4.77. The van der Waals surface area contributed by atoms with Gasteiger partial charge in [0.25, 0.3) is 0 Å². The smallest absolute Gasteiger partial charge is 0.323 e. The average Bonchev–Trinajstić information content (AvgIpc) is 2.72. The number of nitriles is 1. The molecule has 1 aromatic rings. The lowest BCUT2D eigenvalue weighted by Gasteiger charge is -2.08. The number of ether oxygens (including phenoxy) is 1. The summed E-state index contributed by atoms with van der Waals surface area (Å²) < 4.78 is 4.85. The fourth-order valence-electron chi connectivity index (χ4n) is 1.67. The van der Waals surface area contributed by atoms with Gasteiger partial charge in [-0.2, -0.15) is 5.26 Å². The monoisotopic (exact) mass is 216 g/mol. The van der Waals surface area contributed by atoms with Gasteiger partial charge in [0.15, 0.2) is 0 Å². The van der Waals surface area contributed by atoms with Gasteiger partial charge in [-0.3, -0.25) is 4.79 Å². The topological polar surface area (TPSA) is 62.1 Å². The number of carbonyl (C=O) groups excluding carboxylic acids is 1. The minimum Gasteiger partial charge on any atom is -0.464 e. The maximum Gasteiger partial charge on any atom is 0.323 e. The van der Waals surface area contributed by atoms with Crippen LogP contribution in [0.4, 0.5) is 0 Å². The van der Waals surface area contributed by atoms with Gasteiger partial charge >= 0.3 is 5.97 Å². The first-order valence-electron chi connectivity index (χ1n) is 5.18. The first kappa shape index (κ1) is 10.7. The van der Waals surface area contributed by atoms with Crippen LogP contribution < -0.4 is 5.32 Å². The Kier molecular flexibility index (Phi) is 3.18. The predicted molar refractivity (Wildman–Crippen MR) is 57.4 cm³/mol. The molecule has 0 aliphatic carbocycles. The molecule has 1 aliphatic rings. The van der Waals surface area contributed by atoms with Gasteiger partial charge in [0.05, 0.1) is 18.2 Å². The highest BCUT2D eigenvalue weighted by Gasteiger charge is 2.25. The Morgan fingerprint density at radius 2 is 2.44 bits per heavy atom. The van der Waals surface area contributed by atoms with E-state index in [0.29, 0.717) is 18.7 Å². The van der Waals surface area contributed by atoms with E-state index in [9.17, 15) is 4.79 Å². The van der Waals surface area contributed by atoms with Gasteiger partial charge in [-0.15, -0.1) is 0 Å². The van der Waals surface area contributed by atoms with Crippen LogP contribution in [0.25, 0.3) is 0 Å². The molecule has 0 radical (unpaired) electrons. The van der Waals surface area contributed by atoms with Gasteiger partial charge < -0.3 is 10.1 Å². The van der Waals surface area contributed by atoms with Gasteiger partial charge in [0, 0.05) is 13.0 Å². The van der Waals surface area contributed by atoms with Crippen LogP contribution in [0.5, 0.6) is 0 Å². The lowest BCUT2D eigenvalue weighted by Crippen LogP contribution is -2.32. The summed E-state index contributed by atoms with van der Waals surface area (Å²) in [5.41, 5.74) is 1.63. The SMILES string of the molecule is N#Cc1cccc(CNC2CCOC2=O)c1. The van der Waals surface area contributed by atoms with E-state index < -0.39 is 0 Å². The summed E-state index contributed by atoms with van der Waals surface area (Å²) in [5, 5.41) is 11.9. The van der Waals surface area contributed by atoms with Crippen molar-refractivity contribution >= 4 is 5.97 Å². The molecule has 1 unspecified atom stereocenters. The minimum atomic E-state index is -0.203. The minimum absolute atomic E-state index is 0.184. The maximum atomic E-state index is 11.2. The molecule has 1 heterocycles. The summed E-state index contributed by atoms with van der Waals surface area (Å²) >= 11 is 0. The second-order valence-corrected chi connectivity index (χ2v) is 3.70. The Morgan fingerprint density at radius 3 is 3.12 bits per heavy atom. The Labute approximate surface area is 93.8 Å². The molecule has 0 aromatic heterocycles. The molecule has 0 spiro atoms. The van der Waals surface area contributed by atoms with E-state index in [1.165, 1.54) is 0 Å². The molecule has 16 heavy (non-hydrogen) atoms. The van der Waals surface area contributed by atoms with Crippen LogP contribution in [0.2, 0.25) is 0 Å². The van der Waals surface area contributed by atoms with Gasteiger partial charge in [0.2, 0.25) is 0 Å². The Morgan fingerprint density at radius 1 is 1.56 bits per heavy atom. The molecule has 1 fully saturated rings. The number of esters is 1. The fraction of sp³-hybridized carbons (Fsp3) is 0.333. The van der Waals surface area contributed by atoms with Crippen molar-refractivity contribution in [1.82, 2.24) is 5.32 Å². The molecule has 1 aromatic carbocycles. The maximum absolute atomic E-state index is 11.2. The number of nitrogens with zero attached hydrogens (tertiary/aromatic N) is 1. The van der Waals surface area contributed by atoms with Crippen molar-refractivity contribution in [3.05, 3.63) is 35.4 Å². The van der Waals surface area contributed by atoms with Crippen molar-refractivity contribution in [2.24, 2.45) is 0 Å². The summed E-state index contributed by atoms with van der Waals surface area (Å²) in [6.07, 6.45) is 0.719. The van der Waals surface area contributed by atoms with E-state index >= 15 is 0 Å². The molecule has 2 rings (SSSR count). The summed E-state index contributed by atoms with van der Waals surface area (Å²) in [6, 6.07) is 9.21. The third kappa shape index (κ3) is 2.38. The van der Waals surface area contributed by atoms with Crippen LogP contribution in [0.1, 0.15) is 17.5 Å². The van der Waals surface area contributed by atoms with Crippen LogP contribution >= 0.6 is 0 Å². The molecule has 1 atom stereocenters. The van der Waals surface area contributed by atoms with E-state index in [1.807, 2.05) is 18.2 Å². The molecule has 1 aliphatic heterocycles. The standard InChI is InChI=1S/C12H12N2O2/c13-7-9-2-1-3-10(6-9)8-14-11-4-5-16-12(11)15/h1-3,6,11,14H,4-5,8H2. The molecule has 4 heteroatoms. The third-order valence-electron chi connectivity index (χ3n) is 2.54. The van der Waals surface area contributed by atoms with E-state index in [0.717, 1.165) is 12.0 Å². The van der Waals surface area contributed by atoms with Crippen LogP contribution in [-0.4, -0.2) is 18.6 Å². The van der Waals surface area contributed by atoms with Gasteiger partial charge in [-0.1, -0.05) is 12.1 Å². The molecule has 0 bridgehead atoms. The Hall–Kier alpha value is -1.86. The number of hydrogen-bond acceptors (Lipinski definition) is 4. The van der Waals surface area contributed by atoms with Crippen molar-refractivity contribution in [2.75, 3.05) is 6.61 Å². The largest absolute Gasteiger partial charge is 0.464 e. The molecular formula is C12H12N2O2. The van der Waals surface area contributed by atoms with Gasteiger partial charge in [0.1, 0.15) is 6.04 Å². The summed E-state index contributed by atoms with van der Waals surface area (Å²) in [4.78, 5) is 11.2. The van der Waals surface area contributed by atoms with Crippen LogP contribution in [0.15, 0.2) is 24.3 Å². The molecule has 1 N–H and O–H groups in total. The number of benzene rings is 1.